The van der Waals surface area contributed by atoms with E-state index in [0.29, 0.717) is 24.5 Å². The molecule has 1 unspecified atom stereocenters. The molecule has 3 rings (SSSR count). The number of rotatable bonds is 3. The number of aromatic nitrogens is 4. The first-order valence-corrected chi connectivity index (χ1v) is 6.52. The highest BCUT2D eigenvalue weighted by Crippen LogP contribution is 2.20. The highest BCUT2D eigenvalue weighted by molar-refractivity contribution is 5.95. The summed E-state index contributed by atoms with van der Waals surface area (Å²) in [6.45, 7) is 1.44. The molecular formula is C13H15N5O2. The van der Waals surface area contributed by atoms with Crippen LogP contribution in [0, 0.1) is 5.92 Å². The molecule has 1 aliphatic heterocycles. The lowest BCUT2D eigenvalue weighted by atomic mass is 10.1. The van der Waals surface area contributed by atoms with Crippen molar-refractivity contribution in [2.24, 2.45) is 5.92 Å². The number of aliphatic hydroxyl groups is 1. The molecule has 2 N–H and O–H groups in total. The third-order valence-electron chi connectivity index (χ3n) is 3.54. The van der Waals surface area contributed by atoms with E-state index in [0.717, 1.165) is 12.0 Å². The Bertz CT molecular complexity index is 599. The number of hydrogen-bond acceptors (Lipinski definition) is 5. The molecule has 1 atom stereocenters. The number of carbonyl (C=O) groups is 1. The quantitative estimate of drug-likeness (QED) is 0.839. The number of H-pyrrole nitrogens is 1. The van der Waals surface area contributed by atoms with E-state index in [1.807, 2.05) is 6.07 Å². The number of benzene rings is 1. The molecule has 7 heteroatoms. The van der Waals surface area contributed by atoms with Gasteiger partial charge in [-0.05, 0) is 23.8 Å². The molecule has 0 radical (unpaired) electrons. The minimum Gasteiger partial charge on any atom is -0.396 e. The first-order chi connectivity index (χ1) is 9.78. The van der Waals surface area contributed by atoms with Crippen molar-refractivity contribution in [2.75, 3.05) is 19.7 Å². The lowest BCUT2D eigenvalue weighted by Gasteiger charge is -2.16. The number of carbonyl (C=O) groups excluding carboxylic acids is 1. The molecule has 104 valence electrons. The van der Waals surface area contributed by atoms with Crippen molar-refractivity contribution in [3.8, 4) is 11.4 Å². The molecule has 1 aliphatic rings. The molecule has 0 aliphatic carbocycles. The summed E-state index contributed by atoms with van der Waals surface area (Å²) in [5.74, 6) is 0.639. The van der Waals surface area contributed by atoms with Gasteiger partial charge in [-0.25, -0.2) is 0 Å². The summed E-state index contributed by atoms with van der Waals surface area (Å²) in [7, 11) is 0. The highest BCUT2D eigenvalue weighted by Gasteiger charge is 2.26. The highest BCUT2D eigenvalue weighted by atomic mass is 16.3. The van der Waals surface area contributed by atoms with Crippen molar-refractivity contribution >= 4 is 5.91 Å². The van der Waals surface area contributed by atoms with Crippen molar-refractivity contribution in [2.45, 2.75) is 6.42 Å². The van der Waals surface area contributed by atoms with Gasteiger partial charge in [0.05, 0.1) is 0 Å². The van der Waals surface area contributed by atoms with Gasteiger partial charge >= 0.3 is 0 Å². The van der Waals surface area contributed by atoms with Gasteiger partial charge in [-0.3, -0.25) is 4.79 Å². The Labute approximate surface area is 115 Å². The fraction of sp³-hybridized carbons (Fsp3) is 0.385. The van der Waals surface area contributed by atoms with E-state index in [4.69, 9.17) is 5.11 Å². The summed E-state index contributed by atoms with van der Waals surface area (Å²) >= 11 is 0. The van der Waals surface area contributed by atoms with E-state index in [1.165, 1.54) is 0 Å². The zero-order valence-corrected chi connectivity index (χ0v) is 10.9. The molecule has 20 heavy (non-hydrogen) atoms. The van der Waals surface area contributed by atoms with Crippen molar-refractivity contribution in [3.05, 3.63) is 29.8 Å². The summed E-state index contributed by atoms with van der Waals surface area (Å²) in [5.41, 5.74) is 1.35. The topological polar surface area (TPSA) is 95.0 Å². The maximum atomic E-state index is 12.4. The molecule has 1 fully saturated rings. The second kappa shape index (κ2) is 5.38. The van der Waals surface area contributed by atoms with Crippen LogP contribution < -0.4 is 0 Å². The number of likely N-dealkylation sites (tertiary alicyclic amines) is 1. The van der Waals surface area contributed by atoms with Gasteiger partial charge in [0, 0.05) is 36.7 Å². The molecule has 1 aromatic carbocycles. The minimum absolute atomic E-state index is 0.0219. The van der Waals surface area contributed by atoms with Gasteiger partial charge in [0.2, 0.25) is 5.82 Å². The number of nitrogens with zero attached hydrogens (tertiary/aromatic N) is 4. The number of amides is 1. The molecule has 1 saturated heterocycles. The number of aliphatic hydroxyl groups excluding tert-OH is 1. The molecule has 7 nitrogen and oxygen atoms in total. The van der Waals surface area contributed by atoms with Gasteiger partial charge in [0.1, 0.15) is 0 Å². The van der Waals surface area contributed by atoms with Gasteiger partial charge in [-0.2, -0.15) is 5.21 Å². The van der Waals surface area contributed by atoms with Crippen LogP contribution in [0.4, 0.5) is 0 Å². The molecule has 1 aromatic heterocycles. The second-order valence-electron chi connectivity index (χ2n) is 4.90. The molecule has 2 heterocycles. The van der Waals surface area contributed by atoms with Crippen molar-refractivity contribution < 1.29 is 9.90 Å². The van der Waals surface area contributed by atoms with Crippen molar-refractivity contribution in [1.29, 1.82) is 0 Å². The monoisotopic (exact) mass is 273 g/mol. The van der Waals surface area contributed by atoms with Crippen LogP contribution in [0.15, 0.2) is 24.3 Å². The standard InChI is InChI=1S/C13H15N5O2/c19-8-9-4-5-18(7-9)13(20)11-3-1-2-10(6-11)12-14-16-17-15-12/h1-3,6,9,19H,4-5,7-8H2,(H,14,15,16,17). The summed E-state index contributed by atoms with van der Waals surface area (Å²) in [6.07, 6.45) is 0.854. The molecule has 1 amide bonds. The fourth-order valence-electron chi connectivity index (χ4n) is 2.42. The number of tetrazole rings is 1. The van der Waals surface area contributed by atoms with Crippen LogP contribution in [0.5, 0.6) is 0 Å². The van der Waals surface area contributed by atoms with E-state index in [1.54, 1.807) is 23.1 Å². The Hall–Kier alpha value is -2.28. The van der Waals surface area contributed by atoms with Gasteiger partial charge in [-0.15, -0.1) is 10.2 Å². The molecule has 2 aromatic rings. The minimum atomic E-state index is -0.0219. The second-order valence-corrected chi connectivity index (χ2v) is 4.90. The predicted molar refractivity (Wildman–Crippen MR) is 70.7 cm³/mol. The maximum Gasteiger partial charge on any atom is 0.253 e. The zero-order valence-electron chi connectivity index (χ0n) is 10.9. The lowest BCUT2D eigenvalue weighted by molar-refractivity contribution is 0.0782. The lowest BCUT2D eigenvalue weighted by Crippen LogP contribution is -2.29. The SMILES string of the molecule is O=C(c1cccc(-c2nn[nH]n2)c1)N1CCC(CO)C1. The van der Waals surface area contributed by atoms with Crippen molar-refractivity contribution in [1.82, 2.24) is 25.5 Å². The Morgan fingerprint density at radius 1 is 1.50 bits per heavy atom. The first kappa shape index (κ1) is 12.7. The largest absolute Gasteiger partial charge is 0.396 e. The molecule has 0 saturated carbocycles. The van der Waals surface area contributed by atoms with Crippen LogP contribution in [-0.2, 0) is 0 Å². The summed E-state index contributed by atoms with van der Waals surface area (Å²) in [6, 6.07) is 7.18. The van der Waals surface area contributed by atoms with E-state index in [-0.39, 0.29) is 18.4 Å². The molecular weight excluding hydrogens is 258 g/mol. The zero-order chi connectivity index (χ0) is 13.9. The normalized spacial score (nSPS) is 18.4. The Morgan fingerprint density at radius 2 is 2.40 bits per heavy atom. The summed E-state index contributed by atoms with van der Waals surface area (Å²) in [4.78, 5) is 14.2. The molecule has 0 spiro atoms. The van der Waals surface area contributed by atoms with Crippen LogP contribution in [0.3, 0.4) is 0 Å². The number of nitrogens with one attached hydrogen (secondary N) is 1. The van der Waals surface area contributed by atoms with E-state index in [2.05, 4.69) is 20.6 Å². The third-order valence-corrected chi connectivity index (χ3v) is 3.54. The Balaban J connectivity index is 1.80. The Kier molecular flexibility index (Phi) is 3.42. The van der Waals surface area contributed by atoms with E-state index < -0.39 is 0 Å². The third kappa shape index (κ3) is 2.39. The van der Waals surface area contributed by atoms with Crippen LogP contribution in [0.1, 0.15) is 16.8 Å². The molecule has 0 bridgehead atoms. The summed E-state index contributed by atoms with van der Waals surface area (Å²) in [5, 5.41) is 22.9. The maximum absolute atomic E-state index is 12.4. The van der Waals surface area contributed by atoms with E-state index in [9.17, 15) is 4.79 Å². The van der Waals surface area contributed by atoms with Crippen LogP contribution in [0.2, 0.25) is 0 Å². The fourth-order valence-corrected chi connectivity index (χ4v) is 2.42. The van der Waals surface area contributed by atoms with Crippen LogP contribution >= 0.6 is 0 Å². The average Bonchev–Trinajstić information content (AvgIpc) is 3.17. The smallest absolute Gasteiger partial charge is 0.253 e. The predicted octanol–water partition coefficient (Wildman–Crippen LogP) is 0.321. The Morgan fingerprint density at radius 3 is 3.10 bits per heavy atom. The number of aromatic amines is 1. The first-order valence-electron chi connectivity index (χ1n) is 6.52. The van der Waals surface area contributed by atoms with Gasteiger partial charge < -0.3 is 10.0 Å². The van der Waals surface area contributed by atoms with Crippen LogP contribution in [0.25, 0.3) is 11.4 Å². The number of hydrogen-bond donors (Lipinski definition) is 2. The van der Waals surface area contributed by atoms with Gasteiger partial charge in [0.25, 0.3) is 5.91 Å². The average molecular weight is 273 g/mol. The summed E-state index contributed by atoms with van der Waals surface area (Å²) < 4.78 is 0. The van der Waals surface area contributed by atoms with Crippen LogP contribution in [-0.4, -0.2) is 56.2 Å². The van der Waals surface area contributed by atoms with E-state index >= 15 is 0 Å². The van der Waals surface area contributed by atoms with Crippen molar-refractivity contribution in [3.63, 3.8) is 0 Å². The van der Waals surface area contributed by atoms with Gasteiger partial charge in [-0.1, -0.05) is 12.1 Å². The van der Waals surface area contributed by atoms with Gasteiger partial charge in [0.15, 0.2) is 0 Å².